The molecule has 0 heterocycles. The van der Waals surface area contributed by atoms with Crippen molar-refractivity contribution in [3.05, 3.63) is 0 Å². The van der Waals surface area contributed by atoms with Gasteiger partial charge >= 0.3 is 0 Å². The molecule has 0 saturated carbocycles. The fourth-order valence-electron chi connectivity index (χ4n) is 0.660. The number of Topliss-reactive ketones (excluding diaryl/α,β-unsaturated/α-hetero) is 1. The molecule has 0 aromatic carbocycles. The molecule has 0 aromatic heterocycles. The molecule has 0 aliphatic carbocycles. The molecule has 0 amide bonds. The van der Waals surface area contributed by atoms with Crippen molar-refractivity contribution >= 4 is 29.0 Å². The summed E-state index contributed by atoms with van der Waals surface area (Å²) in [5.74, 6) is 1.65. The first-order valence-corrected chi connectivity index (χ1v) is 5.87. The van der Waals surface area contributed by atoms with Crippen LogP contribution in [-0.2, 0) is 4.79 Å². The summed E-state index contributed by atoms with van der Waals surface area (Å²) in [7, 11) is 0. The van der Waals surface area contributed by atoms with Crippen LogP contribution < -0.4 is 0 Å². The van der Waals surface area contributed by atoms with Crippen molar-refractivity contribution in [3.8, 4) is 0 Å². The van der Waals surface area contributed by atoms with E-state index in [9.17, 15) is 4.79 Å². The van der Waals surface area contributed by atoms with Crippen molar-refractivity contribution in [2.45, 2.75) is 46.0 Å². The van der Waals surface area contributed by atoms with E-state index in [0.717, 1.165) is 12.3 Å². The third-order valence-electron chi connectivity index (χ3n) is 1.40. The van der Waals surface area contributed by atoms with Gasteiger partial charge in [0.1, 0.15) is 5.78 Å². The summed E-state index contributed by atoms with van der Waals surface area (Å²) in [6.45, 7) is 3.75. The SMILES string of the molecule is CC(=O)CCCCl.CCCCCCl. The summed E-state index contributed by atoms with van der Waals surface area (Å²) in [6, 6.07) is 0. The summed E-state index contributed by atoms with van der Waals surface area (Å²) in [4.78, 5) is 10.1. The van der Waals surface area contributed by atoms with Gasteiger partial charge in [-0.2, -0.15) is 0 Å². The van der Waals surface area contributed by atoms with Gasteiger partial charge in [-0.05, 0) is 19.8 Å². The molecule has 0 saturated heterocycles. The standard InChI is InChI=1S/C5H9ClO.C5H11Cl/c1-5(7)3-2-4-6;1-2-3-4-5-6/h2-4H2,1H3;2-5H2,1H3. The summed E-state index contributed by atoms with van der Waals surface area (Å²) >= 11 is 10.7. The highest BCUT2D eigenvalue weighted by Crippen LogP contribution is 1.93. The van der Waals surface area contributed by atoms with Crippen molar-refractivity contribution in [1.29, 1.82) is 0 Å². The van der Waals surface area contributed by atoms with Gasteiger partial charge in [0.05, 0.1) is 0 Å². The summed E-state index contributed by atoms with van der Waals surface area (Å²) < 4.78 is 0. The molecule has 0 N–H and O–H groups in total. The van der Waals surface area contributed by atoms with Crippen molar-refractivity contribution in [2.24, 2.45) is 0 Å². The van der Waals surface area contributed by atoms with Crippen LogP contribution in [0.25, 0.3) is 0 Å². The molecule has 0 rings (SSSR count). The highest BCUT2D eigenvalue weighted by molar-refractivity contribution is 6.18. The molecule has 0 aliphatic heterocycles. The van der Waals surface area contributed by atoms with Gasteiger partial charge in [0.2, 0.25) is 0 Å². The van der Waals surface area contributed by atoms with E-state index in [1.807, 2.05) is 0 Å². The van der Waals surface area contributed by atoms with Gasteiger partial charge in [0.15, 0.2) is 0 Å². The smallest absolute Gasteiger partial charge is 0.129 e. The van der Waals surface area contributed by atoms with Crippen LogP contribution in [0.4, 0.5) is 0 Å². The average molecular weight is 227 g/mol. The zero-order valence-electron chi connectivity index (χ0n) is 8.61. The molecule has 0 aromatic rings. The molecule has 0 radical (unpaired) electrons. The van der Waals surface area contributed by atoms with Crippen LogP contribution in [0.2, 0.25) is 0 Å². The molecule has 0 spiro atoms. The lowest BCUT2D eigenvalue weighted by molar-refractivity contribution is -0.117. The molecular weight excluding hydrogens is 207 g/mol. The third kappa shape index (κ3) is 24.5. The Labute approximate surface area is 91.8 Å². The largest absolute Gasteiger partial charge is 0.300 e. The molecule has 80 valence electrons. The predicted octanol–water partition coefficient (Wildman–Crippen LogP) is 4.01. The van der Waals surface area contributed by atoms with Crippen molar-refractivity contribution in [3.63, 3.8) is 0 Å². The van der Waals surface area contributed by atoms with Gasteiger partial charge in [-0.1, -0.05) is 19.8 Å². The lowest BCUT2D eigenvalue weighted by atomic mass is 10.3. The molecule has 0 atom stereocenters. The number of hydrogen-bond acceptors (Lipinski definition) is 1. The highest BCUT2D eigenvalue weighted by atomic mass is 35.5. The van der Waals surface area contributed by atoms with Gasteiger partial charge in [-0.15, -0.1) is 23.2 Å². The van der Waals surface area contributed by atoms with E-state index in [2.05, 4.69) is 6.92 Å². The zero-order valence-corrected chi connectivity index (χ0v) is 10.1. The number of alkyl halides is 2. The van der Waals surface area contributed by atoms with E-state index >= 15 is 0 Å². The Balaban J connectivity index is 0. The van der Waals surface area contributed by atoms with E-state index in [4.69, 9.17) is 23.2 Å². The minimum Gasteiger partial charge on any atom is -0.300 e. The first-order valence-electron chi connectivity index (χ1n) is 4.80. The van der Waals surface area contributed by atoms with E-state index in [1.54, 1.807) is 6.92 Å². The van der Waals surface area contributed by atoms with Crippen LogP contribution in [-0.4, -0.2) is 17.5 Å². The van der Waals surface area contributed by atoms with Gasteiger partial charge in [0, 0.05) is 18.2 Å². The lowest BCUT2D eigenvalue weighted by Gasteiger charge is -1.85. The van der Waals surface area contributed by atoms with Crippen LogP contribution in [0.15, 0.2) is 0 Å². The molecule has 13 heavy (non-hydrogen) atoms. The maximum atomic E-state index is 10.1. The number of hydrogen-bond donors (Lipinski definition) is 0. The number of carbonyl (C=O) groups excluding carboxylic acids is 1. The van der Waals surface area contributed by atoms with Gasteiger partial charge < -0.3 is 4.79 Å². The van der Waals surface area contributed by atoms with Crippen LogP contribution in [0.1, 0.15) is 46.0 Å². The van der Waals surface area contributed by atoms with Crippen LogP contribution in [0, 0.1) is 0 Å². The van der Waals surface area contributed by atoms with Crippen molar-refractivity contribution in [2.75, 3.05) is 11.8 Å². The Morgan fingerprint density at radius 3 is 1.77 bits per heavy atom. The Morgan fingerprint density at radius 1 is 1.08 bits per heavy atom. The predicted molar refractivity (Wildman–Crippen MR) is 60.9 cm³/mol. The van der Waals surface area contributed by atoms with E-state index in [1.165, 1.54) is 19.3 Å². The van der Waals surface area contributed by atoms with Crippen molar-refractivity contribution < 1.29 is 4.79 Å². The highest BCUT2D eigenvalue weighted by Gasteiger charge is 1.88. The first kappa shape index (κ1) is 15.7. The monoisotopic (exact) mass is 226 g/mol. The Bertz CT molecular complexity index is 101. The topological polar surface area (TPSA) is 17.1 Å². The molecule has 0 aliphatic rings. The number of halogens is 2. The first-order chi connectivity index (χ1) is 6.18. The Hall–Kier alpha value is 0.250. The quantitative estimate of drug-likeness (QED) is 0.495. The second kappa shape index (κ2) is 14.8. The molecule has 0 unspecified atom stereocenters. The van der Waals surface area contributed by atoms with Gasteiger partial charge in [-0.25, -0.2) is 0 Å². The molecule has 0 fully saturated rings. The molecule has 0 bridgehead atoms. The van der Waals surface area contributed by atoms with Gasteiger partial charge in [0.25, 0.3) is 0 Å². The number of carbonyl (C=O) groups is 1. The maximum absolute atomic E-state index is 10.1. The van der Waals surface area contributed by atoms with Gasteiger partial charge in [-0.3, -0.25) is 0 Å². The Kier molecular flexibility index (Phi) is 17.8. The summed E-state index contributed by atoms with van der Waals surface area (Å²) in [5.41, 5.74) is 0. The fraction of sp³-hybridized carbons (Fsp3) is 0.900. The van der Waals surface area contributed by atoms with E-state index < -0.39 is 0 Å². The number of rotatable bonds is 6. The van der Waals surface area contributed by atoms with Crippen LogP contribution in [0.5, 0.6) is 0 Å². The maximum Gasteiger partial charge on any atom is 0.129 e. The van der Waals surface area contributed by atoms with Crippen LogP contribution in [0.3, 0.4) is 0 Å². The molecule has 1 nitrogen and oxygen atoms in total. The van der Waals surface area contributed by atoms with E-state index in [-0.39, 0.29) is 5.78 Å². The normalized spacial score (nSPS) is 8.92. The molecule has 3 heteroatoms. The second-order valence-electron chi connectivity index (χ2n) is 2.89. The minimum absolute atomic E-state index is 0.223. The number of unbranched alkanes of at least 4 members (excludes halogenated alkanes) is 2. The minimum atomic E-state index is 0.223. The lowest BCUT2D eigenvalue weighted by Crippen LogP contribution is -1.88. The van der Waals surface area contributed by atoms with Crippen LogP contribution >= 0.6 is 23.2 Å². The zero-order chi connectivity index (χ0) is 10.5. The third-order valence-corrected chi connectivity index (χ3v) is 1.93. The van der Waals surface area contributed by atoms with E-state index in [0.29, 0.717) is 12.3 Å². The number of ketones is 1. The van der Waals surface area contributed by atoms with Crippen molar-refractivity contribution in [1.82, 2.24) is 0 Å². The summed E-state index contributed by atoms with van der Waals surface area (Å²) in [6.07, 6.45) is 5.18. The Morgan fingerprint density at radius 2 is 1.62 bits per heavy atom. The molecular formula is C10H20Cl2O. The average Bonchev–Trinajstić information content (AvgIpc) is 2.12. The summed E-state index contributed by atoms with van der Waals surface area (Å²) in [5, 5.41) is 0. The second-order valence-corrected chi connectivity index (χ2v) is 3.65. The fourth-order valence-corrected chi connectivity index (χ4v) is 0.983.